The zero-order chi connectivity index (χ0) is 15.4. The fourth-order valence-corrected chi connectivity index (χ4v) is 4.90. The van der Waals surface area contributed by atoms with E-state index in [4.69, 9.17) is 5.11 Å². The third kappa shape index (κ3) is 3.54. The fourth-order valence-electron chi connectivity index (χ4n) is 4.24. The van der Waals surface area contributed by atoms with Crippen LogP contribution in [0.25, 0.3) is 0 Å². The normalized spacial score (nSPS) is 26.5. The minimum absolute atomic E-state index is 0.255. The van der Waals surface area contributed by atoms with Crippen LogP contribution < -0.4 is 0 Å². The van der Waals surface area contributed by atoms with Crippen molar-refractivity contribution in [2.24, 2.45) is 11.3 Å². The van der Waals surface area contributed by atoms with Crippen LogP contribution in [0.4, 0.5) is 0 Å². The standard InChI is InChI=1S/C17H28N2O2S/c20-9-8-18-5-2-17(3-6-18)4-7-19(12-16(17)13-21)11-15-1-10-22-14-15/h1,10,14,16,20-21H,2-9,11-13H2. The third-order valence-corrected chi connectivity index (χ3v) is 6.48. The van der Waals surface area contributed by atoms with Gasteiger partial charge in [-0.25, -0.2) is 0 Å². The van der Waals surface area contributed by atoms with Crippen molar-refractivity contribution in [2.75, 3.05) is 45.9 Å². The van der Waals surface area contributed by atoms with E-state index in [1.54, 1.807) is 11.3 Å². The predicted octanol–water partition coefficient (Wildman–Crippen LogP) is 1.64. The predicted molar refractivity (Wildman–Crippen MR) is 90.0 cm³/mol. The number of rotatable bonds is 5. The molecule has 1 aromatic rings. The second kappa shape index (κ2) is 7.41. The molecule has 0 amide bonds. The second-order valence-corrected chi connectivity index (χ2v) is 7.70. The first-order valence-corrected chi connectivity index (χ1v) is 9.37. The number of piperidine rings is 2. The SMILES string of the molecule is OCCN1CCC2(CC1)CCN(Cc1ccsc1)CC2CO. The van der Waals surface area contributed by atoms with Gasteiger partial charge in [0.2, 0.25) is 0 Å². The van der Waals surface area contributed by atoms with Gasteiger partial charge < -0.3 is 15.1 Å². The van der Waals surface area contributed by atoms with Crippen molar-refractivity contribution in [3.05, 3.63) is 22.4 Å². The van der Waals surface area contributed by atoms with E-state index in [-0.39, 0.29) is 6.61 Å². The summed E-state index contributed by atoms with van der Waals surface area (Å²) in [4.78, 5) is 4.87. The number of β-amino-alcohol motifs (C(OH)–C–C–N with tert-alkyl or cyclic N) is 1. The third-order valence-electron chi connectivity index (χ3n) is 5.75. The van der Waals surface area contributed by atoms with E-state index in [1.165, 1.54) is 24.8 Å². The van der Waals surface area contributed by atoms with Gasteiger partial charge in [0.25, 0.3) is 0 Å². The smallest absolute Gasteiger partial charge is 0.0558 e. The van der Waals surface area contributed by atoms with Crippen molar-refractivity contribution >= 4 is 11.3 Å². The first-order chi connectivity index (χ1) is 10.8. The molecule has 1 atom stereocenters. The quantitative estimate of drug-likeness (QED) is 0.864. The van der Waals surface area contributed by atoms with Crippen molar-refractivity contribution in [3.8, 4) is 0 Å². The van der Waals surface area contributed by atoms with Crippen molar-refractivity contribution < 1.29 is 10.2 Å². The number of aliphatic hydroxyl groups excluding tert-OH is 2. The number of hydrogen-bond donors (Lipinski definition) is 2. The van der Waals surface area contributed by atoms with Crippen LogP contribution in [0.2, 0.25) is 0 Å². The Kier molecular flexibility index (Phi) is 5.52. The lowest BCUT2D eigenvalue weighted by atomic mass is 9.64. The maximum Gasteiger partial charge on any atom is 0.0558 e. The molecule has 1 unspecified atom stereocenters. The van der Waals surface area contributed by atoms with E-state index < -0.39 is 0 Å². The molecule has 0 radical (unpaired) electrons. The molecule has 4 nitrogen and oxygen atoms in total. The van der Waals surface area contributed by atoms with Crippen molar-refractivity contribution in [2.45, 2.75) is 25.8 Å². The number of aliphatic hydroxyl groups is 2. The number of thiophene rings is 1. The molecule has 2 saturated heterocycles. The van der Waals surface area contributed by atoms with Crippen LogP contribution in [0.15, 0.2) is 16.8 Å². The molecule has 124 valence electrons. The van der Waals surface area contributed by atoms with Crippen LogP contribution in [-0.4, -0.2) is 66.0 Å². The minimum Gasteiger partial charge on any atom is -0.396 e. The molecule has 0 aliphatic carbocycles. The summed E-state index contributed by atoms with van der Waals surface area (Å²) in [5.41, 5.74) is 1.72. The second-order valence-electron chi connectivity index (χ2n) is 6.92. The molecular formula is C17H28N2O2S. The lowest BCUT2D eigenvalue weighted by Gasteiger charge is -2.51. The van der Waals surface area contributed by atoms with Crippen LogP contribution in [0, 0.1) is 11.3 Å². The highest BCUT2D eigenvalue weighted by Crippen LogP contribution is 2.45. The molecule has 0 bridgehead atoms. The highest BCUT2D eigenvalue weighted by molar-refractivity contribution is 7.07. The van der Waals surface area contributed by atoms with Crippen molar-refractivity contribution in [1.82, 2.24) is 9.80 Å². The Bertz CT molecular complexity index is 444. The zero-order valence-electron chi connectivity index (χ0n) is 13.3. The monoisotopic (exact) mass is 324 g/mol. The summed E-state index contributed by atoms with van der Waals surface area (Å²) in [6.45, 7) is 6.68. The van der Waals surface area contributed by atoms with Crippen molar-refractivity contribution in [1.29, 1.82) is 0 Å². The molecule has 2 aliphatic heterocycles. The van der Waals surface area contributed by atoms with Crippen LogP contribution in [0.3, 0.4) is 0 Å². The first-order valence-electron chi connectivity index (χ1n) is 8.43. The lowest BCUT2D eigenvalue weighted by molar-refractivity contribution is -0.0452. The Morgan fingerprint density at radius 3 is 2.45 bits per heavy atom. The molecular weight excluding hydrogens is 296 g/mol. The van der Waals surface area contributed by atoms with Gasteiger partial charge >= 0.3 is 0 Å². The van der Waals surface area contributed by atoms with Crippen LogP contribution in [0.5, 0.6) is 0 Å². The summed E-state index contributed by atoms with van der Waals surface area (Å²) in [7, 11) is 0. The van der Waals surface area contributed by atoms with Crippen LogP contribution in [0.1, 0.15) is 24.8 Å². The van der Waals surface area contributed by atoms with Gasteiger partial charge in [-0.15, -0.1) is 0 Å². The Morgan fingerprint density at radius 1 is 1.14 bits per heavy atom. The van der Waals surface area contributed by atoms with E-state index >= 15 is 0 Å². The van der Waals surface area contributed by atoms with Gasteiger partial charge in [0, 0.05) is 32.2 Å². The summed E-state index contributed by atoms with van der Waals surface area (Å²) in [6, 6.07) is 2.20. The number of likely N-dealkylation sites (tertiary alicyclic amines) is 2. The largest absolute Gasteiger partial charge is 0.396 e. The molecule has 2 fully saturated rings. The molecule has 3 rings (SSSR count). The van der Waals surface area contributed by atoms with E-state index in [2.05, 4.69) is 26.6 Å². The lowest BCUT2D eigenvalue weighted by Crippen LogP contribution is -2.53. The first kappa shape index (κ1) is 16.4. The van der Waals surface area contributed by atoms with E-state index in [1.807, 2.05) is 0 Å². The van der Waals surface area contributed by atoms with Crippen LogP contribution >= 0.6 is 11.3 Å². The Labute approximate surface area is 137 Å². The Morgan fingerprint density at radius 2 is 1.86 bits per heavy atom. The van der Waals surface area contributed by atoms with Gasteiger partial charge in [0.1, 0.15) is 0 Å². The van der Waals surface area contributed by atoms with Gasteiger partial charge in [0.15, 0.2) is 0 Å². The average molecular weight is 324 g/mol. The molecule has 2 N–H and O–H groups in total. The maximum absolute atomic E-state index is 9.94. The summed E-state index contributed by atoms with van der Waals surface area (Å²) in [6.07, 6.45) is 3.55. The summed E-state index contributed by atoms with van der Waals surface area (Å²) in [5, 5.41) is 23.4. The number of nitrogens with zero attached hydrogens (tertiary/aromatic N) is 2. The van der Waals surface area contributed by atoms with Gasteiger partial charge in [-0.05, 0) is 66.7 Å². The molecule has 1 spiro atoms. The highest BCUT2D eigenvalue weighted by Gasteiger charge is 2.44. The summed E-state index contributed by atoms with van der Waals surface area (Å²) in [5.74, 6) is 0.399. The Hall–Kier alpha value is -0.460. The molecule has 5 heteroatoms. The minimum atomic E-state index is 0.255. The van der Waals surface area contributed by atoms with E-state index in [0.717, 1.165) is 39.3 Å². The van der Waals surface area contributed by atoms with Gasteiger partial charge in [-0.3, -0.25) is 4.90 Å². The van der Waals surface area contributed by atoms with Crippen LogP contribution in [-0.2, 0) is 6.54 Å². The van der Waals surface area contributed by atoms with Gasteiger partial charge in [-0.2, -0.15) is 11.3 Å². The topological polar surface area (TPSA) is 46.9 Å². The highest BCUT2D eigenvalue weighted by atomic mass is 32.1. The molecule has 3 heterocycles. The van der Waals surface area contributed by atoms with Crippen molar-refractivity contribution in [3.63, 3.8) is 0 Å². The van der Waals surface area contributed by atoms with Gasteiger partial charge in [-0.1, -0.05) is 0 Å². The number of hydrogen-bond acceptors (Lipinski definition) is 5. The Balaban J connectivity index is 1.58. The average Bonchev–Trinajstić information content (AvgIpc) is 3.05. The van der Waals surface area contributed by atoms with E-state index in [0.29, 0.717) is 17.9 Å². The maximum atomic E-state index is 9.94. The molecule has 2 aliphatic rings. The molecule has 0 saturated carbocycles. The molecule has 0 aromatic carbocycles. The molecule has 1 aromatic heterocycles. The fraction of sp³-hybridized carbons (Fsp3) is 0.765. The van der Waals surface area contributed by atoms with E-state index in [9.17, 15) is 5.11 Å². The zero-order valence-corrected chi connectivity index (χ0v) is 14.1. The summed E-state index contributed by atoms with van der Waals surface area (Å²) >= 11 is 1.76. The molecule has 22 heavy (non-hydrogen) atoms. The summed E-state index contributed by atoms with van der Waals surface area (Å²) < 4.78 is 0. The van der Waals surface area contributed by atoms with Gasteiger partial charge in [0.05, 0.1) is 6.61 Å².